The van der Waals surface area contributed by atoms with Crippen LogP contribution < -0.4 is 11.5 Å². The zero-order chi connectivity index (χ0) is 11.4. The van der Waals surface area contributed by atoms with Crippen molar-refractivity contribution in [3.05, 3.63) is 41.6 Å². The molecule has 0 bridgehead atoms. The van der Waals surface area contributed by atoms with Crippen LogP contribution in [0, 0.1) is 11.8 Å². The molecule has 1 heterocycles. The first kappa shape index (κ1) is 9.93. The van der Waals surface area contributed by atoms with Crippen molar-refractivity contribution in [2.24, 2.45) is 0 Å². The number of hydrogen-bond acceptors (Lipinski definition) is 5. The van der Waals surface area contributed by atoms with Crippen molar-refractivity contribution >= 4 is 11.8 Å². The van der Waals surface area contributed by atoms with Crippen LogP contribution >= 0.6 is 0 Å². The van der Waals surface area contributed by atoms with E-state index in [0.29, 0.717) is 5.69 Å². The van der Waals surface area contributed by atoms with Crippen LogP contribution in [-0.4, -0.2) is 15.2 Å². The van der Waals surface area contributed by atoms with E-state index in [1.165, 1.54) is 0 Å². The highest BCUT2D eigenvalue weighted by atomic mass is 15.2. The molecule has 2 rings (SSSR count). The molecule has 0 atom stereocenters. The average molecular weight is 211 g/mol. The second-order valence-electron chi connectivity index (χ2n) is 3.02. The summed E-state index contributed by atoms with van der Waals surface area (Å²) in [5.41, 5.74) is 12.1. The van der Waals surface area contributed by atoms with E-state index in [-0.39, 0.29) is 11.8 Å². The van der Waals surface area contributed by atoms with Crippen molar-refractivity contribution in [2.45, 2.75) is 0 Å². The summed E-state index contributed by atoms with van der Waals surface area (Å²) in [5, 5.41) is 7.34. The smallest absolute Gasteiger partial charge is 0.242 e. The van der Waals surface area contributed by atoms with Gasteiger partial charge in [0.15, 0.2) is 11.5 Å². The fraction of sp³-hybridized carbons (Fsp3) is 0. The number of benzene rings is 1. The lowest BCUT2D eigenvalue weighted by Crippen LogP contribution is -2.04. The van der Waals surface area contributed by atoms with E-state index in [1.54, 1.807) is 0 Å². The molecule has 0 aliphatic heterocycles. The van der Waals surface area contributed by atoms with Gasteiger partial charge in [-0.1, -0.05) is 24.1 Å². The van der Waals surface area contributed by atoms with Crippen LogP contribution in [0.15, 0.2) is 30.3 Å². The summed E-state index contributed by atoms with van der Waals surface area (Å²) in [6.45, 7) is 0. The van der Waals surface area contributed by atoms with Crippen molar-refractivity contribution in [3.63, 3.8) is 0 Å². The Balaban J connectivity index is 2.31. The van der Waals surface area contributed by atoms with Gasteiger partial charge >= 0.3 is 0 Å². The van der Waals surface area contributed by atoms with Crippen LogP contribution in [-0.2, 0) is 0 Å². The summed E-state index contributed by atoms with van der Waals surface area (Å²) in [7, 11) is 0. The van der Waals surface area contributed by atoms with Crippen LogP contribution in [0.5, 0.6) is 0 Å². The van der Waals surface area contributed by atoms with Crippen LogP contribution in [0.3, 0.4) is 0 Å². The first-order valence-electron chi connectivity index (χ1n) is 4.58. The monoisotopic (exact) mass is 211 g/mol. The van der Waals surface area contributed by atoms with Gasteiger partial charge in [0.1, 0.15) is 0 Å². The van der Waals surface area contributed by atoms with Crippen molar-refractivity contribution in [1.82, 2.24) is 15.2 Å². The molecule has 0 aliphatic carbocycles. The summed E-state index contributed by atoms with van der Waals surface area (Å²) in [6.07, 6.45) is 0. The van der Waals surface area contributed by atoms with Gasteiger partial charge in [0.05, 0.1) is 0 Å². The Labute approximate surface area is 92.5 Å². The van der Waals surface area contributed by atoms with Crippen LogP contribution in [0.4, 0.5) is 11.8 Å². The molecular formula is C11H9N5. The highest BCUT2D eigenvalue weighted by Gasteiger charge is 1.99. The predicted octanol–water partition coefficient (Wildman–Crippen LogP) is 0.436. The third kappa shape index (κ3) is 2.25. The second-order valence-corrected chi connectivity index (χ2v) is 3.02. The molecule has 0 aliphatic rings. The van der Waals surface area contributed by atoms with Crippen LogP contribution in [0.25, 0.3) is 0 Å². The molecule has 16 heavy (non-hydrogen) atoms. The number of nitrogens with zero attached hydrogens (tertiary/aromatic N) is 3. The molecule has 4 N–H and O–H groups in total. The van der Waals surface area contributed by atoms with E-state index in [9.17, 15) is 0 Å². The van der Waals surface area contributed by atoms with Gasteiger partial charge < -0.3 is 11.5 Å². The number of nitrogens with two attached hydrogens (primary N) is 2. The molecule has 0 amide bonds. The van der Waals surface area contributed by atoms with E-state index in [1.807, 2.05) is 30.3 Å². The SMILES string of the molecule is Nc1nnc(C#Cc2ccccc2)c(N)n1. The second kappa shape index (κ2) is 4.28. The maximum atomic E-state index is 5.59. The number of hydrogen-bond donors (Lipinski definition) is 2. The minimum absolute atomic E-state index is 0.0442. The fourth-order valence-corrected chi connectivity index (χ4v) is 1.09. The summed E-state index contributed by atoms with van der Waals surface area (Å²) < 4.78 is 0. The van der Waals surface area contributed by atoms with Gasteiger partial charge in [-0.2, -0.15) is 4.98 Å². The Morgan fingerprint density at radius 1 is 0.938 bits per heavy atom. The Morgan fingerprint density at radius 2 is 1.69 bits per heavy atom. The van der Waals surface area contributed by atoms with Crippen LogP contribution in [0.2, 0.25) is 0 Å². The zero-order valence-corrected chi connectivity index (χ0v) is 8.38. The molecule has 1 aromatic heterocycles. The summed E-state index contributed by atoms with van der Waals surface area (Å²) >= 11 is 0. The molecule has 0 saturated carbocycles. The quantitative estimate of drug-likeness (QED) is 0.617. The van der Waals surface area contributed by atoms with Gasteiger partial charge in [0, 0.05) is 5.56 Å². The van der Waals surface area contributed by atoms with E-state index >= 15 is 0 Å². The highest BCUT2D eigenvalue weighted by molar-refractivity contribution is 5.50. The number of rotatable bonds is 0. The van der Waals surface area contributed by atoms with Crippen molar-refractivity contribution < 1.29 is 0 Å². The maximum Gasteiger partial charge on any atom is 0.242 e. The molecule has 0 saturated heterocycles. The molecule has 0 spiro atoms. The lowest BCUT2D eigenvalue weighted by molar-refractivity contribution is 0.977. The summed E-state index contributed by atoms with van der Waals surface area (Å²) in [6, 6.07) is 9.51. The average Bonchev–Trinajstić information content (AvgIpc) is 2.29. The van der Waals surface area contributed by atoms with E-state index in [2.05, 4.69) is 27.0 Å². The van der Waals surface area contributed by atoms with E-state index in [0.717, 1.165) is 5.56 Å². The van der Waals surface area contributed by atoms with Gasteiger partial charge in [-0.15, -0.1) is 10.2 Å². The molecule has 0 unspecified atom stereocenters. The maximum absolute atomic E-state index is 5.59. The Hall–Kier alpha value is -2.61. The molecule has 5 heteroatoms. The van der Waals surface area contributed by atoms with Crippen molar-refractivity contribution in [3.8, 4) is 11.8 Å². The van der Waals surface area contributed by atoms with Crippen LogP contribution in [0.1, 0.15) is 11.3 Å². The third-order valence-electron chi connectivity index (χ3n) is 1.83. The number of aromatic nitrogens is 3. The largest absolute Gasteiger partial charge is 0.381 e. The van der Waals surface area contributed by atoms with Gasteiger partial charge in [-0.05, 0) is 18.1 Å². The standard InChI is InChI=1S/C11H9N5/c12-10-9(15-16-11(13)14-10)7-6-8-4-2-1-3-5-8/h1-5H,(H4,12,13,14,16). The first-order chi connectivity index (χ1) is 7.75. The van der Waals surface area contributed by atoms with Gasteiger partial charge in [0.2, 0.25) is 5.95 Å². The van der Waals surface area contributed by atoms with Gasteiger partial charge in [-0.25, -0.2) is 0 Å². The molecule has 5 nitrogen and oxygen atoms in total. The molecule has 78 valence electrons. The first-order valence-corrected chi connectivity index (χ1v) is 4.58. The minimum atomic E-state index is 0.0442. The third-order valence-corrected chi connectivity index (χ3v) is 1.83. The van der Waals surface area contributed by atoms with E-state index in [4.69, 9.17) is 11.5 Å². The number of nitrogen functional groups attached to an aromatic ring is 2. The van der Waals surface area contributed by atoms with E-state index < -0.39 is 0 Å². The molecule has 0 radical (unpaired) electrons. The fourth-order valence-electron chi connectivity index (χ4n) is 1.09. The lowest BCUT2D eigenvalue weighted by atomic mass is 10.2. The lowest BCUT2D eigenvalue weighted by Gasteiger charge is -1.95. The summed E-state index contributed by atoms with van der Waals surface area (Å²) in [5.74, 6) is 5.93. The molecule has 0 fully saturated rings. The predicted molar refractivity (Wildman–Crippen MR) is 61.1 cm³/mol. The van der Waals surface area contributed by atoms with Crippen molar-refractivity contribution in [1.29, 1.82) is 0 Å². The molecule has 1 aromatic carbocycles. The van der Waals surface area contributed by atoms with Gasteiger partial charge in [-0.3, -0.25) is 0 Å². The normalized spacial score (nSPS) is 9.25. The Bertz CT molecular complexity index is 554. The van der Waals surface area contributed by atoms with Crippen molar-refractivity contribution in [2.75, 3.05) is 11.5 Å². The Morgan fingerprint density at radius 3 is 2.38 bits per heavy atom. The highest BCUT2D eigenvalue weighted by Crippen LogP contribution is 2.03. The minimum Gasteiger partial charge on any atom is -0.381 e. The Kier molecular flexibility index (Phi) is 2.65. The van der Waals surface area contributed by atoms with Gasteiger partial charge in [0.25, 0.3) is 0 Å². The molecular weight excluding hydrogens is 202 g/mol. The topological polar surface area (TPSA) is 90.7 Å². The zero-order valence-electron chi connectivity index (χ0n) is 8.38. The summed E-state index contributed by atoms with van der Waals surface area (Å²) in [4.78, 5) is 3.77. The number of anilines is 2. The molecule has 2 aromatic rings.